The van der Waals surface area contributed by atoms with Crippen LogP contribution in [0.3, 0.4) is 0 Å². The van der Waals surface area contributed by atoms with Crippen molar-refractivity contribution in [1.29, 1.82) is 0 Å². The third-order valence-corrected chi connectivity index (χ3v) is 4.67. The minimum Gasteiger partial charge on any atom is -0.378 e. The lowest BCUT2D eigenvalue weighted by molar-refractivity contribution is -0.0305. The summed E-state index contributed by atoms with van der Waals surface area (Å²) in [6.07, 6.45) is 8.60. The van der Waals surface area contributed by atoms with Gasteiger partial charge in [-0.2, -0.15) is 0 Å². The Balaban J connectivity index is 1.82. The van der Waals surface area contributed by atoms with E-state index in [9.17, 15) is 0 Å². The molecule has 2 fully saturated rings. The summed E-state index contributed by atoms with van der Waals surface area (Å²) in [7, 11) is 0. The van der Waals surface area contributed by atoms with E-state index in [1.165, 1.54) is 38.5 Å². The topological polar surface area (TPSA) is 9.23 Å². The van der Waals surface area contributed by atoms with Gasteiger partial charge in [0, 0.05) is 11.4 Å². The van der Waals surface area contributed by atoms with Gasteiger partial charge in [-0.15, -0.1) is 0 Å². The molecular formula is C12H21BrO. The molecule has 0 radical (unpaired) electrons. The maximum absolute atomic E-state index is 5.89. The Morgan fingerprint density at radius 1 is 1.07 bits per heavy atom. The van der Waals surface area contributed by atoms with Gasteiger partial charge in [0.25, 0.3) is 0 Å². The second kappa shape index (κ2) is 4.98. The van der Waals surface area contributed by atoms with Crippen LogP contribution in [0.25, 0.3) is 0 Å². The molecule has 0 spiro atoms. The van der Waals surface area contributed by atoms with E-state index in [4.69, 9.17) is 4.74 Å². The Labute approximate surface area is 95.7 Å². The molecule has 2 atom stereocenters. The first-order valence-corrected chi connectivity index (χ1v) is 6.93. The second-order valence-corrected chi connectivity index (χ2v) is 6.35. The third-order valence-electron chi connectivity index (χ3n) is 3.84. The van der Waals surface area contributed by atoms with Crippen LogP contribution in [0.15, 0.2) is 0 Å². The molecule has 0 aromatic carbocycles. The van der Waals surface area contributed by atoms with E-state index in [1.807, 2.05) is 0 Å². The molecule has 1 saturated carbocycles. The lowest BCUT2D eigenvalue weighted by Gasteiger charge is -2.36. The monoisotopic (exact) mass is 260 g/mol. The van der Waals surface area contributed by atoms with Gasteiger partial charge in [-0.3, -0.25) is 0 Å². The van der Waals surface area contributed by atoms with Crippen molar-refractivity contribution in [2.75, 3.05) is 6.61 Å². The SMILES string of the molecule is CC1CCC(C2CC(Br)CCO2)CC1. The maximum atomic E-state index is 5.89. The van der Waals surface area contributed by atoms with Gasteiger partial charge in [-0.25, -0.2) is 0 Å². The van der Waals surface area contributed by atoms with Crippen molar-refractivity contribution in [1.82, 2.24) is 0 Å². The number of halogens is 1. The van der Waals surface area contributed by atoms with E-state index in [0.29, 0.717) is 10.9 Å². The van der Waals surface area contributed by atoms with E-state index in [-0.39, 0.29) is 0 Å². The summed E-state index contributed by atoms with van der Waals surface area (Å²) in [4.78, 5) is 0.709. The minimum atomic E-state index is 0.556. The molecule has 0 N–H and O–H groups in total. The molecule has 2 unspecified atom stereocenters. The molecule has 1 saturated heterocycles. The molecule has 1 heterocycles. The molecular weight excluding hydrogens is 240 g/mol. The van der Waals surface area contributed by atoms with Crippen molar-refractivity contribution in [3.8, 4) is 0 Å². The van der Waals surface area contributed by atoms with Crippen LogP contribution >= 0.6 is 15.9 Å². The summed E-state index contributed by atoms with van der Waals surface area (Å²) in [6.45, 7) is 3.35. The van der Waals surface area contributed by atoms with E-state index in [0.717, 1.165) is 18.4 Å². The molecule has 14 heavy (non-hydrogen) atoms. The molecule has 2 aliphatic rings. The first-order valence-electron chi connectivity index (χ1n) is 6.01. The third kappa shape index (κ3) is 2.73. The first-order chi connectivity index (χ1) is 6.75. The Morgan fingerprint density at radius 3 is 2.43 bits per heavy atom. The number of ether oxygens (including phenoxy) is 1. The number of hydrogen-bond acceptors (Lipinski definition) is 1. The Bertz CT molecular complexity index is 175. The highest BCUT2D eigenvalue weighted by Gasteiger charge is 2.30. The standard InChI is InChI=1S/C12H21BrO/c1-9-2-4-10(5-3-9)12-8-11(13)6-7-14-12/h9-12H,2-8H2,1H3. The van der Waals surface area contributed by atoms with Gasteiger partial charge in [0.2, 0.25) is 0 Å². The van der Waals surface area contributed by atoms with Gasteiger partial charge in [0.15, 0.2) is 0 Å². The fourth-order valence-electron chi connectivity index (χ4n) is 2.77. The van der Waals surface area contributed by atoms with Gasteiger partial charge < -0.3 is 4.74 Å². The van der Waals surface area contributed by atoms with Gasteiger partial charge >= 0.3 is 0 Å². The van der Waals surface area contributed by atoms with Crippen LogP contribution in [0, 0.1) is 11.8 Å². The normalized spacial score (nSPS) is 45.0. The van der Waals surface area contributed by atoms with Crippen LogP contribution in [0.1, 0.15) is 45.4 Å². The fourth-order valence-corrected chi connectivity index (χ4v) is 3.33. The van der Waals surface area contributed by atoms with Gasteiger partial charge in [0.05, 0.1) is 6.10 Å². The zero-order chi connectivity index (χ0) is 9.97. The maximum Gasteiger partial charge on any atom is 0.0613 e. The smallest absolute Gasteiger partial charge is 0.0613 e. The quantitative estimate of drug-likeness (QED) is 0.653. The molecule has 0 amide bonds. The van der Waals surface area contributed by atoms with Crippen LogP contribution in [0.2, 0.25) is 0 Å². The van der Waals surface area contributed by atoms with Gasteiger partial charge in [-0.1, -0.05) is 35.7 Å². The molecule has 0 bridgehead atoms. The van der Waals surface area contributed by atoms with Crippen molar-refractivity contribution >= 4 is 15.9 Å². The van der Waals surface area contributed by atoms with E-state index >= 15 is 0 Å². The van der Waals surface area contributed by atoms with Crippen molar-refractivity contribution in [3.05, 3.63) is 0 Å². The molecule has 0 aromatic heterocycles. The number of rotatable bonds is 1. The lowest BCUT2D eigenvalue weighted by atomic mass is 9.78. The van der Waals surface area contributed by atoms with Crippen molar-refractivity contribution in [2.45, 2.75) is 56.4 Å². The Morgan fingerprint density at radius 2 is 1.79 bits per heavy atom. The summed E-state index contributed by atoms with van der Waals surface area (Å²) < 4.78 is 5.89. The lowest BCUT2D eigenvalue weighted by Crippen LogP contribution is -2.34. The van der Waals surface area contributed by atoms with Crippen LogP contribution in [0.4, 0.5) is 0 Å². The highest BCUT2D eigenvalue weighted by Crippen LogP contribution is 2.35. The summed E-state index contributed by atoms with van der Waals surface area (Å²) in [5.41, 5.74) is 0. The Kier molecular flexibility index (Phi) is 3.89. The molecule has 1 aliphatic heterocycles. The fraction of sp³-hybridized carbons (Fsp3) is 1.00. The predicted octanol–water partition coefficient (Wildman–Crippen LogP) is 3.76. The zero-order valence-corrected chi connectivity index (χ0v) is 10.6. The molecule has 1 aliphatic carbocycles. The molecule has 82 valence electrons. The van der Waals surface area contributed by atoms with E-state index in [2.05, 4.69) is 22.9 Å². The van der Waals surface area contributed by atoms with Crippen LogP contribution in [-0.2, 0) is 4.74 Å². The number of hydrogen-bond donors (Lipinski definition) is 0. The molecule has 2 rings (SSSR count). The van der Waals surface area contributed by atoms with E-state index in [1.54, 1.807) is 0 Å². The average Bonchev–Trinajstić information content (AvgIpc) is 2.19. The summed E-state index contributed by atoms with van der Waals surface area (Å²) in [6, 6.07) is 0. The second-order valence-electron chi connectivity index (χ2n) is 5.05. The van der Waals surface area contributed by atoms with Crippen LogP contribution < -0.4 is 0 Å². The Hall–Kier alpha value is 0.440. The van der Waals surface area contributed by atoms with E-state index < -0.39 is 0 Å². The summed E-state index contributed by atoms with van der Waals surface area (Å²) >= 11 is 3.73. The minimum absolute atomic E-state index is 0.556. The predicted molar refractivity (Wildman–Crippen MR) is 62.8 cm³/mol. The zero-order valence-electron chi connectivity index (χ0n) is 9.05. The number of alkyl halides is 1. The molecule has 2 heteroatoms. The van der Waals surface area contributed by atoms with Crippen LogP contribution in [-0.4, -0.2) is 17.5 Å². The van der Waals surface area contributed by atoms with Gasteiger partial charge in [-0.05, 0) is 37.5 Å². The molecule has 1 nitrogen and oxygen atoms in total. The first kappa shape index (κ1) is 10.9. The largest absolute Gasteiger partial charge is 0.378 e. The molecule has 0 aromatic rings. The van der Waals surface area contributed by atoms with Crippen LogP contribution in [0.5, 0.6) is 0 Å². The summed E-state index contributed by atoms with van der Waals surface area (Å²) in [5.74, 6) is 1.81. The van der Waals surface area contributed by atoms with Crippen molar-refractivity contribution in [2.24, 2.45) is 11.8 Å². The highest BCUT2D eigenvalue weighted by molar-refractivity contribution is 9.09. The van der Waals surface area contributed by atoms with Crippen molar-refractivity contribution in [3.63, 3.8) is 0 Å². The van der Waals surface area contributed by atoms with Gasteiger partial charge in [0.1, 0.15) is 0 Å². The van der Waals surface area contributed by atoms with Crippen molar-refractivity contribution < 1.29 is 4.74 Å². The highest BCUT2D eigenvalue weighted by atomic mass is 79.9. The average molecular weight is 261 g/mol. The summed E-state index contributed by atoms with van der Waals surface area (Å²) in [5, 5.41) is 0.